The highest BCUT2D eigenvalue weighted by atomic mass is 32.1. The number of carbonyl (C=O) groups excluding carboxylic acids is 1. The van der Waals surface area contributed by atoms with Gasteiger partial charge in [0.15, 0.2) is 0 Å². The van der Waals surface area contributed by atoms with Gasteiger partial charge in [-0.15, -0.1) is 11.3 Å². The van der Waals surface area contributed by atoms with E-state index in [-0.39, 0.29) is 11.3 Å². The molecule has 16 heavy (non-hydrogen) atoms. The fraction of sp³-hybridized carbons (Fsp3) is 0.636. The fourth-order valence-electron chi connectivity index (χ4n) is 1.18. The summed E-state index contributed by atoms with van der Waals surface area (Å²) in [5, 5.41) is 4.81. The van der Waals surface area contributed by atoms with Crippen molar-refractivity contribution in [2.75, 3.05) is 6.54 Å². The molecule has 3 N–H and O–H groups in total. The minimum Gasteiger partial charge on any atom is -0.354 e. The van der Waals surface area contributed by atoms with Crippen molar-refractivity contribution < 1.29 is 4.79 Å². The van der Waals surface area contributed by atoms with Gasteiger partial charge < -0.3 is 11.1 Å². The molecule has 4 nitrogen and oxygen atoms in total. The third-order valence-electron chi connectivity index (χ3n) is 2.38. The Balaban J connectivity index is 2.30. The number of hydrogen-bond acceptors (Lipinski definition) is 4. The molecule has 0 bridgehead atoms. The predicted molar refractivity (Wildman–Crippen MR) is 66.3 cm³/mol. The van der Waals surface area contributed by atoms with E-state index in [1.165, 1.54) is 0 Å². The number of nitrogens with one attached hydrogen (secondary N) is 1. The van der Waals surface area contributed by atoms with Crippen LogP contribution in [0.15, 0.2) is 10.9 Å². The summed E-state index contributed by atoms with van der Waals surface area (Å²) in [6.07, 6.45) is 0.756. The van der Waals surface area contributed by atoms with Gasteiger partial charge in [0.05, 0.1) is 17.2 Å². The lowest BCUT2D eigenvalue weighted by molar-refractivity contribution is -0.124. The highest BCUT2D eigenvalue weighted by Crippen LogP contribution is 2.17. The van der Waals surface area contributed by atoms with Crippen molar-refractivity contribution in [1.82, 2.24) is 10.3 Å². The Morgan fingerprint density at radius 3 is 2.81 bits per heavy atom. The molecule has 1 aromatic heterocycles. The van der Waals surface area contributed by atoms with Crippen molar-refractivity contribution in [3.8, 4) is 0 Å². The van der Waals surface area contributed by atoms with E-state index in [1.54, 1.807) is 16.8 Å². The molecule has 0 fully saturated rings. The molecule has 0 saturated carbocycles. The van der Waals surface area contributed by atoms with Crippen LogP contribution in [0.1, 0.15) is 26.5 Å². The third kappa shape index (κ3) is 3.90. The van der Waals surface area contributed by atoms with Crippen LogP contribution < -0.4 is 11.1 Å². The van der Waals surface area contributed by atoms with E-state index in [0.29, 0.717) is 6.54 Å². The molecule has 0 unspecified atom stereocenters. The molecule has 5 heteroatoms. The van der Waals surface area contributed by atoms with Gasteiger partial charge in [0.25, 0.3) is 0 Å². The Labute approximate surface area is 100 Å². The van der Waals surface area contributed by atoms with Gasteiger partial charge in [0.1, 0.15) is 0 Å². The van der Waals surface area contributed by atoms with Crippen LogP contribution in [-0.4, -0.2) is 23.5 Å². The van der Waals surface area contributed by atoms with Crippen LogP contribution in [-0.2, 0) is 11.2 Å². The number of nitrogens with zero attached hydrogens (tertiary/aromatic N) is 1. The van der Waals surface area contributed by atoms with Gasteiger partial charge in [0.2, 0.25) is 5.91 Å². The van der Waals surface area contributed by atoms with Crippen molar-refractivity contribution in [3.05, 3.63) is 16.6 Å². The van der Waals surface area contributed by atoms with Crippen LogP contribution >= 0.6 is 11.3 Å². The minimum absolute atomic E-state index is 0.0947. The topological polar surface area (TPSA) is 68.0 Å². The molecule has 0 aromatic carbocycles. The smallest absolute Gasteiger partial charge is 0.237 e. The van der Waals surface area contributed by atoms with Crippen LogP contribution in [0, 0.1) is 5.41 Å². The highest BCUT2D eigenvalue weighted by Gasteiger charge is 2.26. The van der Waals surface area contributed by atoms with Crippen LogP contribution in [0.5, 0.6) is 0 Å². The van der Waals surface area contributed by atoms with Gasteiger partial charge in [-0.05, 0) is 5.41 Å². The minimum atomic E-state index is -0.470. The number of rotatable bonds is 4. The first-order valence-corrected chi connectivity index (χ1v) is 6.26. The van der Waals surface area contributed by atoms with E-state index in [4.69, 9.17) is 5.73 Å². The molecule has 1 aromatic rings. The summed E-state index contributed by atoms with van der Waals surface area (Å²) in [6, 6.07) is -0.470. The standard InChI is InChI=1S/C11H19N3OS/c1-11(2,3)9(12)10(15)13-5-4-8-6-16-7-14-8/h6-7,9H,4-5,12H2,1-3H3,(H,13,15)/t9-/m1/s1. The van der Waals surface area contributed by atoms with Crippen molar-refractivity contribution in [2.24, 2.45) is 11.1 Å². The first-order chi connectivity index (χ1) is 7.41. The van der Waals surface area contributed by atoms with Crippen molar-refractivity contribution in [1.29, 1.82) is 0 Å². The van der Waals surface area contributed by atoms with Gasteiger partial charge in [-0.25, -0.2) is 4.98 Å². The van der Waals surface area contributed by atoms with Crippen LogP contribution in [0.3, 0.4) is 0 Å². The van der Waals surface area contributed by atoms with E-state index in [1.807, 2.05) is 26.2 Å². The Morgan fingerprint density at radius 1 is 1.62 bits per heavy atom. The average Bonchev–Trinajstić information content (AvgIpc) is 2.67. The zero-order valence-corrected chi connectivity index (χ0v) is 10.8. The Kier molecular flexibility index (Phi) is 4.44. The molecular weight excluding hydrogens is 222 g/mol. The first-order valence-electron chi connectivity index (χ1n) is 5.31. The lowest BCUT2D eigenvalue weighted by Crippen LogP contribution is -2.49. The van der Waals surface area contributed by atoms with E-state index >= 15 is 0 Å². The Bertz CT molecular complexity index is 329. The quantitative estimate of drug-likeness (QED) is 0.831. The second kappa shape index (κ2) is 5.41. The number of thiazole rings is 1. The number of hydrogen-bond donors (Lipinski definition) is 2. The lowest BCUT2D eigenvalue weighted by Gasteiger charge is -2.25. The molecular formula is C11H19N3OS. The summed E-state index contributed by atoms with van der Waals surface area (Å²) >= 11 is 1.56. The molecule has 0 aliphatic carbocycles. The van der Waals surface area contributed by atoms with Crippen LogP contribution in [0.25, 0.3) is 0 Å². The number of aromatic nitrogens is 1. The van der Waals surface area contributed by atoms with Gasteiger partial charge in [0, 0.05) is 18.3 Å². The van der Waals surface area contributed by atoms with Crippen molar-refractivity contribution >= 4 is 17.2 Å². The average molecular weight is 241 g/mol. The summed E-state index contributed by atoms with van der Waals surface area (Å²) in [7, 11) is 0. The molecule has 1 rings (SSSR count). The molecule has 1 amide bonds. The maximum Gasteiger partial charge on any atom is 0.237 e. The second-order valence-electron chi connectivity index (χ2n) is 4.86. The number of nitrogens with two attached hydrogens (primary N) is 1. The van der Waals surface area contributed by atoms with E-state index < -0.39 is 6.04 Å². The summed E-state index contributed by atoms with van der Waals surface area (Å²) in [4.78, 5) is 15.8. The van der Waals surface area contributed by atoms with Crippen LogP contribution in [0.4, 0.5) is 0 Å². The molecule has 90 valence electrons. The highest BCUT2D eigenvalue weighted by molar-refractivity contribution is 7.07. The van der Waals surface area contributed by atoms with E-state index in [2.05, 4.69) is 10.3 Å². The van der Waals surface area contributed by atoms with Crippen molar-refractivity contribution in [2.45, 2.75) is 33.2 Å². The Hall–Kier alpha value is -0.940. The third-order valence-corrected chi connectivity index (χ3v) is 3.01. The van der Waals surface area contributed by atoms with E-state index in [9.17, 15) is 4.79 Å². The summed E-state index contributed by atoms with van der Waals surface area (Å²) in [5.74, 6) is -0.0947. The maximum absolute atomic E-state index is 11.7. The van der Waals surface area contributed by atoms with Crippen LogP contribution in [0.2, 0.25) is 0 Å². The van der Waals surface area contributed by atoms with Crippen molar-refractivity contribution in [3.63, 3.8) is 0 Å². The summed E-state index contributed by atoms with van der Waals surface area (Å²) in [5.41, 5.74) is 8.42. The molecule has 0 aliphatic heterocycles. The number of amides is 1. The molecule has 0 aliphatic rings. The molecule has 0 spiro atoms. The van der Waals surface area contributed by atoms with Gasteiger partial charge in [-0.2, -0.15) is 0 Å². The van der Waals surface area contributed by atoms with Gasteiger partial charge in [-0.1, -0.05) is 20.8 Å². The monoisotopic (exact) mass is 241 g/mol. The second-order valence-corrected chi connectivity index (χ2v) is 5.58. The molecule has 0 saturated heterocycles. The molecule has 1 atom stereocenters. The molecule has 1 heterocycles. The van der Waals surface area contributed by atoms with E-state index in [0.717, 1.165) is 12.1 Å². The predicted octanol–water partition coefficient (Wildman–Crippen LogP) is 1.18. The Morgan fingerprint density at radius 2 is 2.31 bits per heavy atom. The fourth-order valence-corrected chi connectivity index (χ4v) is 1.77. The first kappa shape index (κ1) is 13.1. The summed E-state index contributed by atoms with van der Waals surface area (Å²) < 4.78 is 0. The largest absolute Gasteiger partial charge is 0.354 e. The molecule has 0 radical (unpaired) electrons. The maximum atomic E-state index is 11.7. The lowest BCUT2D eigenvalue weighted by atomic mass is 9.87. The number of carbonyl (C=O) groups is 1. The summed E-state index contributed by atoms with van der Waals surface area (Å²) in [6.45, 7) is 6.46. The zero-order valence-electron chi connectivity index (χ0n) is 9.99. The zero-order chi connectivity index (χ0) is 12.2. The van der Waals surface area contributed by atoms with Gasteiger partial charge >= 0.3 is 0 Å². The normalized spacial score (nSPS) is 13.5. The SMILES string of the molecule is CC(C)(C)[C@H](N)C(=O)NCCc1cscn1. The van der Waals surface area contributed by atoms with Gasteiger partial charge in [-0.3, -0.25) is 4.79 Å².